The molecule has 1 aliphatic rings. The van der Waals surface area contributed by atoms with Gasteiger partial charge in [-0.15, -0.1) is 0 Å². The number of urea groups is 1. The maximum absolute atomic E-state index is 13.5. The van der Waals surface area contributed by atoms with Crippen molar-refractivity contribution in [2.24, 2.45) is 17.8 Å². The highest BCUT2D eigenvalue weighted by Gasteiger charge is 2.30. The Morgan fingerprint density at radius 1 is 0.736 bits per heavy atom. The Morgan fingerprint density at radius 2 is 1.38 bits per heavy atom. The maximum Gasteiger partial charge on any atom is 0.326 e. The van der Waals surface area contributed by atoms with Crippen molar-refractivity contribution >= 4 is 52.4 Å². The summed E-state index contributed by atoms with van der Waals surface area (Å²) >= 11 is 0. The molecule has 1 aliphatic carbocycles. The molecule has 0 spiro atoms. The molecule has 1 saturated carbocycles. The lowest BCUT2D eigenvalue weighted by Gasteiger charge is -2.29. The van der Waals surface area contributed by atoms with Crippen LogP contribution in [0.3, 0.4) is 0 Å². The summed E-state index contributed by atoms with van der Waals surface area (Å²) in [5.41, 5.74) is 0.867. The Labute approximate surface area is 309 Å². The topological polar surface area (TPSA) is 240 Å². The second-order valence-corrected chi connectivity index (χ2v) is 14.2. The molecule has 0 aromatic heterocycles. The molecule has 15 heteroatoms. The van der Waals surface area contributed by atoms with Crippen LogP contribution in [0.25, 0.3) is 10.8 Å². The predicted octanol–water partition coefficient (Wildman–Crippen LogP) is 3.19. The minimum absolute atomic E-state index is 0.0210. The Hall–Kier alpha value is -5.21. The van der Waals surface area contributed by atoms with Crippen molar-refractivity contribution in [2.45, 2.75) is 103 Å². The van der Waals surface area contributed by atoms with Crippen molar-refractivity contribution in [3.8, 4) is 0 Å². The number of carboxylic acid groups (broad SMARTS) is 3. The van der Waals surface area contributed by atoms with Crippen LogP contribution in [-0.2, 0) is 35.2 Å². The summed E-state index contributed by atoms with van der Waals surface area (Å²) in [5, 5.41) is 42.8. The van der Waals surface area contributed by atoms with E-state index in [4.69, 9.17) is 5.11 Å². The number of aliphatic carboxylic acids is 3. The van der Waals surface area contributed by atoms with Crippen LogP contribution in [0.15, 0.2) is 42.5 Å². The molecule has 1 fully saturated rings. The Kier molecular flexibility index (Phi) is 17.0. The van der Waals surface area contributed by atoms with Crippen molar-refractivity contribution in [3.05, 3.63) is 48.0 Å². The predicted molar refractivity (Wildman–Crippen MR) is 196 cm³/mol. The van der Waals surface area contributed by atoms with E-state index in [0.717, 1.165) is 29.2 Å². The number of rotatable bonds is 21. The molecule has 3 rings (SSSR count). The highest BCUT2D eigenvalue weighted by molar-refractivity contribution is 5.89. The van der Waals surface area contributed by atoms with Crippen LogP contribution in [0, 0.1) is 17.8 Å². The van der Waals surface area contributed by atoms with E-state index in [2.05, 4.69) is 26.6 Å². The molecule has 290 valence electrons. The molecule has 53 heavy (non-hydrogen) atoms. The average molecular weight is 740 g/mol. The van der Waals surface area contributed by atoms with Gasteiger partial charge in [-0.05, 0) is 79.5 Å². The van der Waals surface area contributed by atoms with Crippen LogP contribution in [0.4, 0.5) is 4.79 Å². The zero-order chi connectivity index (χ0) is 38.9. The summed E-state index contributed by atoms with van der Waals surface area (Å²) in [6.07, 6.45) is 3.35. The second-order valence-electron chi connectivity index (χ2n) is 14.2. The monoisotopic (exact) mass is 739 g/mol. The number of hydrogen-bond acceptors (Lipinski definition) is 7. The summed E-state index contributed by atoms with van der Waals surface area (Å²) in [7, 11) is 0. The number of carboxylic acids is 3. The SMILES string of the molecule is CC(C)CC(=O)NCC1CCC(C(=O)N[C@H](Cc2ccc3ccccc3c2)C(=O)NCCCC[C@H](NC(=O)N[C@@H](CCC(=O)O)C(=O)O)C(=O)O)CC1. The average Bonchev–Trinajstić information content (AvgIpc) is 3.11. The Bertz CT molecular complexity index is 1590. The van der Waals surface area contributed by atoms with E-state index in [1.807, 2.05) is 56.3 Å². The van der Waals surface area contributed by atoms with Crippen LogP contribution >= 0.6 is 0 Å². The molecule has 0 aliphatic heterocycles. The number of hydrogen-bond donors (Lipinski definition) is 8. The van der Waals surface area contributed by atoms with Crippen LogP contribution in [-0.4, -0.2) is 88.2 Å². The first kappa shape index (κ1) is 42.2. The first-order chi connectivity index (χ1) is 25.2. The quantitative estimate of drug-likeness (QED) is 0.0870. The van der Waals surface area contributed by atoms with Gasteiger partial charge in [-0.1, -0.05) is 56.3 Å². The lowest BCUT2D eigenvalue weighted by molar-refractivity contribution is -0.141. The first-order valence-corrected chi connectivity index (χ1v) is 18.3. The van der Waals surface area contributed by atoms with Crippen molar-refractivity contribution < 1.29 is 48.9 Å². The zero-order valence-corrected chi connectivity index (χ0v) is 30.4. The smallest absolute Gasteiger partial charge is 0.326 e. The highest BCUT2D eigenvalue weighted by Crippen LogP contribution is 2.29. The summed E-state index contributed by atoms with van der Waals surface area (Å²) in [6.45, 7) is 4.75. The summed E-state index contributed by atoms with van der Waals surface area (Å²) in [4.78, 5) is 85.3. The van der Waals surface area contributed by atoms with E-state index < -0.39 is 48.5 Å². The maximum atomic E-state index is 13.5. The van der Waals surface area contributed by atoms with Gasteiger partial charge in [0.25, 0.3) is 0 Å². The zero-order valence-electron chi connectivity index (χ0n) is 30.4. The Balaban J connectivity index is 1.54. The van der Waals surface area contributed by atoms with Gasteiger partial charge < -0.3 is 41.9 Å². The molecule has 0 heterocycles. The fourth-order valence-corrected chi connectivity index (χ4v) is 6.38. The minimum atomic E-state index is -1.51. The van der Waals surface area contributed by atoms with Gasteiger partial charge in [0.2, 0.25) is 17.7 Å². The number of fused-ring (bicyclic) bond motifs is 1. The van der Waals surface area contributed by atoms with E-state index in [0.29, 0.717) is 38.1 Å². The van der Waals surface area contributed by atoms with Gasteiger partial charge in [-0.3, -0.25) is 19.2 Å². The Morgan fingerprint density at radius 3 is 2.00 bits per heavy atom. The second kappa shape index (κ2) is 21.3. The minimum Gasteiger partial charge on any atom is -0.481 e. The van der Waals surface area contributed by atoms with Crippen LogP contribution in [0.2, 0.25) is 0 Å². The molecule has 0 saturated heterocycles. The third-order valence-corrected chi connectivity index (χ3v) is 9.36. The van der Waals surface area contributed by atoms with E-state index in [1.54, 1.807) is 0 Å². The normalized spacial score (nSPS) is 17.2. The molecule has 2 aromatic carbocycles. The highest BCUT2D eigenvalue weighted by atomic mass is 16.4. The van der Waals surface area contributed by atoms with Crippen molar-refractivity contribution in [3.63, 3.8) is 0 Å². The third-order valence-electron chi connectivity index (χ3n) is 9.36. The number of amides is 5. The van der Waals surface area contributed by atoms with Gasteiger partial charge in [-0.2, -0.15) is 0 Å². The summed E-state index contributed by atoms with van der Waals surface area (Å²) < 4.78 is 0. The van der Waals surface area contributed by atoms with Crippen molar-refractivity contribution in [2.75, 3.05) is 13.1 Å². The molecule has 8 N–H and O–H groups in total. The van der Waals surface area contributed by atoms with Gasteiger partial charge in [0.05, 0.1) is 0 Å². The summed E-state index contributed by atoms with van der Waals surface area (Å²) in [5.74, 6) is -4.28. The lowest BCUT2D eigenvalue weighted by Crippen LogP contribution is -2.51. The van der Waals surface area contributed by atoms with Crippen molar-refractivity contribution in [1.29, 1.82) is 0 Å². The number of carbonyl (C=O) groups excluding carboxylic acids is 4. The van der Waals surface area contributed by atoms with Crippen molar-refractivity contribution in [1.82, 2.24) is 26.6 Å². The molecular formula is C38H53N5O10. The van der Waals surface area contributed by atoms with Gasteiger partial charge >= 0.3 is 23.9 Å². The standard InChI is InChI=1S/C38H53N5O10/c1-23(2)19-32(44)40-22-24-10-14-27(15-11-24)34(47)41-31(21-25-12-13-26-7-3-4-8-28(26)20-25)35(48)39-18-6-5-9-29(36(49)50)42-38(53)43-30(37(51)52)16-17-33(45)46/h3-4,7-8,12-13,20,23-24,27,29-31H,5-6,9-11,14-19,21-22H2,1-2H3,(H,39,48)(H,40,44)(H,41,47)(H,45,46)(H,49,50)(H,51,52)(H2,42,43,53)/t24?,27?,29-,30-,31+/m0/s1. The molecule has 0 unspecified atom stereocenters. The van der Waals surface area contributed by atoms with Gasteiger partial charge in [0, 0.05) is 38.3 Å². The molecule has 15 nitrogen and oxygen atoms in total. The lowest BCUT2D eigenvalue weighted by atomic mass is 9.81. The van der Waals surface area contributed by atoms with Crippen LogP contribution in [0.1, 0.15) is 83.6 Å². The number of nitrogens with one attached hydrogen (secondary N) is 5. The van der Waals surface area contributed by atoms with Crippen LogP contribution < -0.4 is 26.6 Å². The van der Waals surface area contributed by atoms with Gasteiger partial charge in [0.1, 0.15) is 18.1 Å². The molecular weight excluding hydrogens is 686 g/mol. The molecule has 2 aromatic rings. The van der Waals surface area contributed by atoms with Gasteiger partial charge in [0.15, 0.2) is 0 Å². The van der Waals surface area contributed by atoms with E-state index in [9.17, 15) is 43.8 Å². The summed E-state index contributed by atoms with van der Waals surface area (Å²) in [6, 6.07) is 8.92. The van der Waals surface area contributed by atoms with E-state index in [-0.39, 0.29) is 61.8 Å². The molecule has 0 bridgehead atoms. The molecule has 0 radical (unpaired) electrons. The van der Waals surface area contributed by atoms with Gasteiger partial charge in [-0.25, -0.2) is 14.4 Å². The fourth-order valence-electron chi connectivity index (χ4n) is 6.38. The molecule has 5 amide bonds. The van der Waals surface area contributed by atoms with E-state index >= 15 is 0 Å². The molecule has 3 atom stereocenters. The van der Waals surface area contributed by atoms with Crippen LogP contribution in [0.5, 0.6) is 0 Å². The van der Waals surface area contributed by atoms with E-state index in [1.165, 1.54) is 0 Å². The number of carbonyl (C=O) groups is 7. The number of unbranched alkanes of at least 4 members (excludes halogenated alkanes) is 1. The first-order valence-electron chi connectivity index (χ1n) is 18.3. The largest absolute Gasteiger partial charge is 0.481 e. The number of benzene rings is 2. The third kappa shape index (κ3) is 15.1. The fraction of sp³-hybridized carbons (Fsp3) is 0.553.